The number of carbonyl (C=O) groups is 2. The number of carboxylic acid groups (broad SMARTS) is 2. The van der Waals surface area contributed by atoms with E-state index < -0.39 is 18.0 Å². The van der Waals surface area contributed by atoms with Crippen molar-refractivity contribution in [3.8, 4) is 0 Å². The van der Waals surface area contributed by atoms with Gasteiger partial charge in [-0.05, 0) is 19.8 Å². The number of aliphatic carboxylic acids is 2. The summed E-state index contributed by atoms with van der Waals surface area (Å²) in [7, 11) is 0. The molecular formula is C9H17NO4. The van der Waals surface area contributed by atoms with Crippen LogP contribution in [0.1, 0.15) is 33.1 Å². The molecule has 2 unspecified atom stereocenters. The Morgan fingerprint density at radius 3 is 2.29 bits per heavy atom. The summed E-state index contributed by atoms with van der Waals surface area (Å²) in [6.07, 6.45) is 0.812. The number of carboxylic acids is 2. The molecule has 0 heterocycles. The second-order valence-corrected chi connectivity index (χ2v) is 3.30. The maximum atomic E-state index is 10.7. The van der Waals surface area contributed by atoms with Crippen LogP contribution in [-0.4, -0.2) is 34.2 Å². The fourth-order valence-electron chi connectivity index (χ4n) is 1.01. The van der Waals surface area contributed by atoms with Crippen LogP contribution in [0.25, 0.3) is 0 Å². The molecule has 0 saturated carbocycles. The zero-order valence-electron chi connectivity index (χ0n) is 8.49. The molecule has 5 nitrogen and oxygen atoms in total. The van der Waals surface area contributed by atoms with E-state index in [-0.39, 0.29) is 18.9 Å². The smallest absolute Gasteiger partial charge is 0.320 e. The van der Waals surface area contributed by atoms with Crippen LogP contribution in [0.3, 0.4) is 0 Å². The van der Waals surface area contributed by atoms with E-state index in [0.29, 0.717) is 0 Å². The summed E-state index contributed by atoms with van der Waals surface area (Å²) >= 11 is 0. The van der Waals surface area contributed by atoms with Gasteiger partial charge in [-0.15, -0.1) is 0 Å². The van der Waals surface area contributed by atoms with Crippen LogP contribution in [0.5, 0.6) is 0 Å². The van der Waals surface area contributed by atoms with Crippen molar-refractivity contribution in [1.29, 1.82) is 0 Å². The van der Waals surface area contributed by atoms with Crippen LogP contribution >= 0.6 is 0 Å². The largest absolute Gasteiger partial charge is 0.481 e. The fraction of sp³-hybridized carbons (Fsp3) is 0.778. The number of hydrogen-bond donors (Lipinski definition) is 3. The van der Waals surface area contributed by atoms with E-state index in [4.69, 9.17) is 10.2 Å². The Hall–Kier alpha value is -1.10. The Morgan fingerprint density at radius 1 is 1.36 bits per heavy atom. The minimum atomic E-state index is -0.994. The van der Waals surface area contributed by atoms with E-state index in [0.717, 1.165) is 6.42 Å². The molecule has 82 valence electrons. The van der Waals surface area contributed by atoms with Gasteiger partial charge in [-0.25, -0.2) is 0 Å². The van der Waals surface area contributed by atoms with Gasteiger partial charge in [0.1, 0.15) is 6.04 Å². The number of hydrogen-bond acceptors (Lipinski definition) is 3. The first-order valence-electron chi connectivity index (χ1n) is 4.68. The van der Waals surface area contributed by atoms with Crippen molar-refractivity contribution >= 4 is 11.9 Å². The maximum Gasteiger partial charge on any atom is 0.320 e. The Kier molecular flexibility index (Phi) is 5.87. The summed E-state index contributed by atoms with van der Waals surface area (Å²) < 4.78 is 0. The highest BCUT2D eigenvalue weighted by Gasteiger charge is 2.19. The second kappa shape index (κ2) is 6.37. The predicted octanol–water partition coefficient (Wildman–Crippen LogP) is 0.692. The third kappa shape index (κ3) is 5.53. The van der Waals surface area contributed by atoms with E-state index in [1.165, 1.54) is 0 Å². The van der Waals surface area contributed by atoms with Crippen LogP contribution < -0.4 is 5.32 Å². The maximum absolute atomic E-state index is 10.7. The summed E-state index contributed by atoms with van der Waals surface area (Å²) in [6.45, 7) is 3.81. The van der Waals surface area contributed by atoms with E-state index in [9.17, 15) is 9.59 Å². The molecule has 0 rings (SSSR count). The van der Waals surface area contributed by atoms with Gasteiger partial charge >= 0.3 is 11.9 Å². The third-order valence-electron chi connectivity index (χ3n) is 2.04. The Balaban J connectivity index is 4.02. The zero-order valence-corrected chi connectivity index (χ0v) is 8.49. The van der Waals surface area contributed by atoms with Gasteiger partial charge in [-0.1, -0.05) is 6.92 Å². The number of nitrogens with one attached hydrogen (secondary N) is 1. The molecule has 0 aliphatic heterocycles. The fourth-order valence-corrected chi connectivity index (χ4v) is 1.01. The molecule has 0 aliphatic rings. The van der Waals surface area contributed by atoms with Gasteiger partial charge in [0, 0.05) is 12.5 Å². The monoisotopic (exact) mass is 203 g/mol. The third-order valence-corrected chi connectivity index (χ3v) is 2.04. The van der Waals surface area contributed by atoms with Crippen molar-refractivity contribution in [2.45, 2.75) is 45.2 Å². The molecule has 3 N–H and O–H groups in total. The lowest BCUT2D eigenvalue weighted by atomic mass is 10.1. The molecule has 0 aromatic carbocycles. The quantitative estimate of drug-likeness (QED) is 0.566. The topological polar surface area (TPSA) is 86.6 Å². The molecule has 0 fully saturated rings. The molecule has 0 aliphatic carbocycles. The molecule has 0 radical (unpaired) electrons. The van der Waals surface area contributed by atoms with E-state index >= 15 is 0 Å². The normalized spacial score (nSPS) is 14.7. The van der Waals surface area contributed by atoms with Gasteiger partial charge in [-0.3, -0.25) is 9.59 Å². The average Bonchev–Trinajstić information content (AvgIpc) is 2.10. The summed E-state index contributed by atoms with van der Waals surface area (Å²) in [5.41, 5.74) is 0. The highest BCUT2D eigenvalue weighted by atomic mass is 16.4. The van der Waals surface area contributed by atoms with Crippen LogP contribution in [0.15, 0.2) is 0 Å². The lowest BCUT2D eigenvalue weighted by Crippen LogP contribution is -2.42. The minimum Gasteiger partial charge on any atom is -0.481 e. The van der Waals surface area contributed by atoms with E-state index in [1.807, 2.05) is 13.8 Å². The summed E-state index contributed by atoms with van der Waals surface area (Å²) in [5.74, 6) is -1.96. The van der Waals surface area contributed by atoms with E-state index in [1.54, 1.807) is 0 Å². The van der Waals surface area contributed by atoms with Crippen molar-refractivity contribution in [3.05, 3.63) is 0 Å². The first-order chi connectivity index (χ1) is 6.47. The van der Waals surface area contributed by atoms with Crippen LogP contribution in [-0.2, 0) is 9.59 Å². The SMILES string of the molecule is CCC(C)NC(CCC(=O)O)C(=O)O. The van der Waals surface area contributed by atoms with Gasteiger partial charge in [0.25, 0.3) is 0 Å². The Bertz CT molecular complexity index is 205. The van der Waals surface area contributed by atoms with Gasteiger partial charge in [-0.2, -0.15) is 0 Å². The molecule has 14 heavy (non-hydrogen) atoms. The predicted molar refractivity (Wildman–Crippen MR) is 51.2 cm³/mol. The van der Waals surface area contributed by atoms with Crippen molar-refractivity contribution in [1.82, 2.24) is 5.32 Å². The molecule has 0 amide bonds. The van der Waals surface area contributed by atoms with Gasteiger partial charge in [0.2, 0.25) is 0 Å². The van der Waals surface area contributed by atoms with Gasteiger partial charge < -0.3 is 15.5 Å². The van der Waals surface area contributed by atoms with Crippen LogP contribution in [0.2, 0.25) is 0 Å². The van der Waals surface area contributed by atoms with Gasteiger partial charge in [0.15, 0.2) is 0 Å². The molecule has 2 atom stereocenters. The summed E-state index contributed by atoms with van der Waals surface area (Å²) in [5, 5.41) is 20.0. The van der Waals surface area contributed by atoms with Crippen LogP contribution in [0, 0.1) is 0 Å². The first-order valence-corrected chi connectivity index (χ1v) is 4.68. The van der Waals surface area contributed by atoms with Crippen molar-refractivity contribution < 1.29 is 19.8 Å². The molecular weight excluding hydrogens is 186 g/mol. The van der Waals surface area contributed by atoms with Crippen molar-refractivity contribution in [2.24, 2.45) is 0 Å². The summed E-state index contributed by atoms with van der Waals surface area (Å²) in [6, 6.07) is -0.675. The highest BCUT2D eigenvalue weighted by Crippen LogP contribution is 2.01. The molecule has 0 aromatic heterocycles. The summed E-state index contributed by atoms with van der Waals surface area (Å²) in [4.78, 5) is 21.0. The molecule has 5 heteroatoms. The highest BCUT2D eigenvalue weighted by molar-refractivity contribution is 5.75. The molecule has 0 aromatic rings. The van der Waals surface area contributed by atoms with Crippen molar-refractivity contribution in [2.75, 3.05) is 0 Å². The van der Waals surface area contributed by atoms with Crippen LogP contribution in [0.4, 0.5) is 0 Å². The standard InChI is InChI=1S/C9H17NO4/c1-3-6(2)10-7(9(13)14)4-5-8(11)12/h6-7,10H,3-5H2,1-2H3,(H,11,12)(H,13,14). The molecule has 0 saturated heterocycles. The second-order valence-electron chi connectivity index (χ2n) is 3.30. The first kappa shape index (κ1) is 12.9. The Morgan fingerprint density at radius 2 is 1.93 bits per heavy atom. The average molecular weight is 203 g/mol. The zero-order chi connectivity index (χ0) is 11.1. The Labute approximate surface area is 83.1 Å². The minimum absolute atomic E-state index is 0.0879. The lowest BCUT2D eigenvalue weighted by molar-refractivity contribution is -0.141. The van der Waals surface area contributed by atoms with Crippen molar-refractivity contribution in [3.63, 3.8) is 0 Å². The van der Waals surface area contributed by atoms with E-state index in [2.05, 4.69) is 5.32 Å². The van der Waals surface area contributed by atoms with Gasteiger partial charge in [0.05, 0.1) is 0 Å². The molecule has 0 spiro atoms. The molecule has 0 bridgehead atoms. The lowest BCUT2D eigenvalue weighted by Gasteiger charge is -2.18. The number of rotatable bonds is 7.